The number of aliphatic imine (C=N–C) groups is 1. The lowest BCUT2D eigenvalue weighted by Gasteiger charge is -2.26. The molecular formula is C20H34N4O2. The number of nitrogens with zero attached hydrogens (tertiary/aromatic N) is 2. The summed E-state index contributed by atoms with van der Waals surface area (Å²) in [5, 5.41) is 6.77. The third kappa shape index (κ3) is 8.06. The van der Waals surface area contributed by atoms with Gasteiger partial charge in [0, 0.05) is 46.8 Å². The monoisotopic (exact) mass is 362 g/mol. The zero-order valence-electron chi connectivity index (χ0n) is 16.3. The van der Waals surface area contributed by atoms with E-state index in [4.69, 9.17) is 9.47 Å². The lowest BCUT2D eigenvalue weighted by molar-refractivity contribution is 0.172. The number of likely N-dealkylation sites (tertiary alicyclic amines) is 1. The van der Waals surface area contributed by atoms with Gasteiger partial charge in [0.1, 0.15) is 5.75 Å². The minimum atomic E-state index is 0.671. The summed E-state index contributed by atoms with van der Waals surface area (Å²) in [6.07, 6.45) is 4.93. The largest absolute Gasteiger partial charge is 0.493 e. The molecule has 0 aliphatic carbocycles. The first-order valence-corrected chi connectivity index (χ1v) is 9.69. The predicted molar refractivity (Wildman–Crippen MR) is 107 cm³/mol. The van der Waals surface area contributed by atoms with E-state index in [1.165, 1.54) is 37.9 Å². The van der Waals surface area contributed by atoms with Gasteiger partial charge in [0.25, 0.3) is 0 Å². The summed E-state index contributed by atoms with van der Waals surface area (Å²) in [5.41, 5.74) is 1.17. The van der Waals surface area contributed by atoms with E-state index in [1.54, 1.807) is 7.11 Å². The van der Waals surface area contributed by atoms with E-state index in [-0.39, 0.29) is 0 Å². The fraction of sp³-hybridized carbons (Fsp3) is 0.650. The van der Waals surface area contributed by atoms with Crippen LogP contribution in [-0.2, 0) is 11.3 Å². The molecule has 0 saturated carbocycles. The number of piperidine rings is 1. The summed E-state index contributed by atoms with van der Waals surface area (Å²) in [6, 6.07) is 8.17. The van der Waals surface area contributed by atoms with Gasteiger partial charge < -0.3 is 25.0 Å². The number of benzene rings is 1. The van der Waals surface area contributed by atoms with Crippen LogP contribution in [0.15, 0.2) is 29.3 Å². The van der Waals surface area contributed by atoms with Gasteiger partial charge in [-0.25, -0.2) is 0 Å². The maximum absolute atomic E-state index is 5.75. The Morgan fingerprint density at radius 2 is 2.00 bits per heavy atom. The molecule has 1 aromatic rings. The highest BCUT2D eigenvalue weighted by Crippen LogP contribution is 2.13. The number of rotatable bonds is 10. The molecule has 1 aliphatic heterocycles. The number of ether oxygens (including phenoxy) is 2. The van der Waals surface area contributed by atoms with Crippen molar-refractivity contribution in [2.45, 2.75) is 32.2 Å². The number of guanidine groups is 1. The van der Waals surface area contributed by atoms with Gasteiger partial charge in [-0.2, -0.15) is 0 Å². The Hall–Kier alpha value is -1.79. The Morgan fingerprint density at radius 1 is 1.15 bits per heavy atom. The summed E-state index contributed by atoms with van der Waals surface area (Å²) >= 11 is 0. The summed E-state index contributed by atoms with van der Waals surface area (Å²) in [5.74, 6) is 1.74. The minimum Gasteiger partial charge on any atom is -0.493 e. The minimum absolute atomic E-state index is 0.671. The van der Waals surface area contributed by atoms with Crippen LogP contribution in [0.2, 0.25) is 0 Å². The van der Waals surface area contributed by atoms with E-state index in [2.05, 4.69) is 32.7 Å². The second-order valence-electron chi connectivity index (χ2n) is 6.60. The molecule has 0 bridgehead atoms. The van der Waals surface area contributed by atoms with Crippen molar-refractivity contribution in [3.8, 4) is 5.75 Å². The van der Waals surface area contributed by atoms with Gasteiger partial charge in [-0.15, -0.1) is 0 Å². The molecule has 2 N–H and O–H groups in total. The molecule has 1 aromatic carbocycles. The molecule has 2 rings (SSSR count). The van der Waals surface area contributed by atoms with Crippen LogP contribution in [0.1, 0.15) is 31.2 Å². The molecule has 0 radical (unpaired) electrons. The second-order valence-corrected chi connectivity index (χ2v) is 6.60. The number of hydrogen-bond donors (Lipinski definition) is 2. The number of methoxy groups -OCH3 is 1. The first kappa shape index (κ1) is 20.5. The smallest absolute Gasteiger partial charge is 0.191 e. The lowest BCUT2D eigenvalue weighted by atomic mass is 10.1. The molecule has 6 heteroatoms. The summed E-state index contributed by atoms with van der Waals surface area (Å²) in [4.78, 5) is 6.83. The van der Waals surface area contributed by atoms with Crippen LogP contribution in [0, 0.1) is 0 Å². The van der Waals surface area contributed by atoms with Gasteiger partial charge in [0.2, 0.25) is 0 Å². The van der Waals surface area contributed by atoms with Crippen LogP contribution in [-0.4, -0.2) is 64.4 Å². The van der Waals surface area contributed by atoms with Gasteiger partial charge in [-0.3, -0.25) is 4.99 Å². The van der Waals surface area contributed by atoms with E-state index >= 15 is 0 Å². The van der Waals surface area contributed by atoms with Crippen molar-refractivity contribution in [2.24, 2.45) is 4.99 Å². The Kier molecular flexibility index (Phi) is 9.90. The molecule has 0 atom stereocenters. The maximum Gasteiger partial charge on any atom is 0.191 e. The fourth-order valence-electron chi connectivity index (χ4n) is 3.06. The van der Waals surface area contributed by atoms with Gasteiger partial charge in [0.15, 0.2) is 5.96 Å². The molecule has 0 amide bonds. The van der Waals surface area contributed by atoms with Crippen LogP contribution < -0.4 is 15.4 Å². The first-order valence-electron chi connectivity index (χ1n) is 9.69. The van der Waals surface area contributed by atoms with Crippen molar-refractivity contribution in [1.82, 2.24) is 15.5 Å². The molecule has 0 spiro atoms. The normalized spacial score (nSPS) is 15.7. The molecule has 26 heavy (non-hydrogen) atoms. The second kappa shape index (κ2) is 12.5. The Morgan fingerprint density at radius 3 is 2.77 bits per heavy atom. The third-order valence-corrected chi connectivity index (χ3v) is 4.51. The van der Waals surface area contributed by atoms with Crippen LogP contribution in [0.3, 0.4) is 0 Å². The Bertz CT molecular complexity index is 530. The van der Waals surface area contributed by atoms with Crippen LogP contribution in [0.25, 0.3) is 0 Å². The Balaban J connectivity index is 1.68. The van der Waals surface area contributed by atoms with Crippen molar-refractivity contribution in [1.29, 1.82) is 0 Å². The van der Waals surface area contributed by atoms with Crippen molar-refractivity contribution in [3.63, 3.8) is 0 Å². The third-order valence-electron chi connectivity index (χ3n) is 4.51. The highest BCUT2D eigenvalue weighted by atomic mass is 16.5. The summed E-state index contributed by atoms with van der Waals surface area (Å²) in [7, 11) is 3.52. The maximum atomic E-state index is 5.75. The van der Waals surface area contributed by atoms with E-state index in [0.29, 0.717) is 6.61 Å². The van der Waals surface area contributed by atoms with E-state index in [9.17, 15) is 0 Å². The van der Waals surface area contributed by atoms with E-state index in [1.807, 2.05) is 19.2 Å². The van der Waals surface area contributed by atoms with Crippen LogP contribution in [0.4, 0.5) is 0 Å². The molecule has 1 heterocycles. The molecule has 1 saturated heterocycles. The molecular weight excluding hydrogens is 328 g/mol. The molecule has 1 aliphatic rings. The first-order chi connectivity index (χ1) is 12.8. The molecule has 1 fully saturated rings. The number of hydrogen-bond acceptors (Lipinski definition) is 4. The predicted octanol–water partition coefficient (Wildman–Crippen LogP) is 2.25. The van der Waals surface area contributed by atoms with Gasteiger partial charge in [-0.05, 0) is 43.6 Å². The number of nitrogens with one attached hydrogen (secondary N) is 2. The summed E-state index contributed by atoms with van der Waals surface area (Å²) < 4.78 is 10.8. The topological polar surface area (TPSA) is 58.1 Å². The van der Waals surface area contributed by atoms with E-state index in [0.717, 1.165) is 44.4 Å². The molecule has 6 nitrogen and oxygen atoms in total. The van der Waals surface area contributed by atoms with Gasteiger partial charge >= 0.3 is 0 Å². The Labute approximate surface area is 158 Å². The average Bonchev–Trinajstić information content (AvgIpc) is 2.69. The quantitative estimate of drug-likeness (QED) is 0.380. The SMILES string of the molecule is CN=C(NCCN1CCCCC1)NCc1cccc(OCCCOC)c1. The zero-order chi connectivity index (χ0) is 18.5. The molecule has 0 aromatic heterocycles. The fourth-order valence-corrected chi connectivity index (χ4v) is 3.06. The van der Waals surface area contributed by atoms with Crippen molar-refractivity contribution >= 4 is 5.96 Å². The van der Waals surface area contributed by atoms with E-state index < -0.39 is 0 Å². The van der Waals surface area contributed by atoms with Crippen molar-refractivity contribution in [3.05, 3.63) is 29.8 Å². The highest BCUT2D eigenvalue weighted by molar-refractivity contribution is 5.79. The average molecular weight is 363 g/mol. The van der Waals surface area contributed by atoms with Gasteiger partial charge in [-0.1, -0.05) is 18.6 Å². The zero-order valence-corrected chi connectivity index (χ0v) is 16.3. The summed E-state index contributed by atoms with van der Waals surface area (Å²) in [6.45, 7) is 6.56. The lowest BCUT2D eigenvalue weighted by Crippen LogP contribution is -2.42. The molecule has 0 unspecified atom stereocenters. The molecule has 146 valence electrons. The standard InChI is InChI=1S/C20H34N4O2/c1-21-20(22-10-13-24-11-4-3-5-12-24)23-17-18-8-6-9-19(16-18)26-15-7-14-25-2/h6,8-9,16H,3-5,7,10-15,17H2,1-2H3,(H2,21,22,23). The van der Waals surface area contributed by atoms with Crippen molar-refractivity contribution in [2.75, 3.05) is 53.6 Å². The van der Waals surface area contributed by atoms with Gasteiger partial charge in [0.05, 0.1) is 6.61 Å². The van der Waals surface area contributed by atoms with Crippen molar-refractivity contribution < 1.29 is 9.47 Å². The van der Waals surface area contributed by atoms with Crippen LogP contribution >= 0.6 is 0 Å². The highest BCUT2D eigenvalue weighted by Gasteiger charge is 2.09. The van der Waals surface area contributed by atoms with Crippen LogP contribution in [0.5, 0.6) is 5.75 Å².